The summed E-state index contributed by atoms with van der Waals surface area (Å²) in [6, 6.07) is 7.29. The third-order valence-corrected chi connectivity index (χ3v) is 3.36. The lowest BCUT2D eigenvalue weighted by Gasteiger charge is -2.05. The van der Waals surface area contributed by atoms with Gasteiger partial charge < -0.3 is 16.2 Å². The first kappa shape index (κ1) is 13.8. The van der Waals surface area contributed by atoms with Crippen LogP contribution < -0.4 is 11.1 Å². The summed E-state index contributed by atoms with van der Waals surface area (Å²) in [6.07, 6.45) is 0. The van der Waals surface area contributed by atoms with Crippen LogP contribution in [0.3, 0.4) is 0 Å². The topological polar surface area (TPSA) is 109 Å². The summed E-state index contributed by atoms with van der Waals surface area (Å²) in [5.41, 5.74) is 5.60. The normalized spacial score (nSPS) is 10.0. The number of amides is 2. The minimum absolute atomic E-state index is 0.0226. The number of nitrogens with two attached hydrogens (primary N) is 1. The predicted molar refractivity (Wildman–Crippen MR) is 74.2 cm³/mol. The fourth-order valence-electron chi connectivity index (χ4n) is 1.56. The van der Waals surface area contributed by atoms with Gasteiger partial charge in [-0.25, -0.2) is 4.79 Å². The molecule has 4 N–H and O–H groups in total. The Balaban J connectivity index is 2.24. The van der Waals surface area contributed by atoms with Gasteiger partial charge in [0.05, 0.1) is 5.56 Å². The number of aromatic carboxylic acids is 1. The Morgan fingerprint density at radius 2 is 1.85 bits per heavy atom. The number of carboxylic acid groups (broad SMARTS) is 1. The van der Waals surface area contributed by atoms with Gasteiger partial charge in [-0.15, -0.1) is 11.3 Å². The van der Waals surface area contributed by atoms with Crippen LogP contribution in [0, 0.1) is 0 Å². The summed E-state index contributed by atoms with van der Waals surface area (Å²) in [5, 5.41) is 13.3. The van der Waals surface area contributed by atoms with Gasteiger partial charge in [-0.05, 0) is 29.6 Å². The fraction of sp³-hybridized carbons (Fsp3) is 0. The molecule has 6 nitrogen and oxygen atoms in total. The maximum absolute atomic E-state index is 12.0. The van der Waals surface area contributed by atoms with Crippen LogP contribution in [0.1, 0.15) is 31.1 Å². The van der Waals surface area contributed by atoms with Crippen LogP contribution in [0.25, 0.3) is 0 Å². The molecule has 0 aliphatic heterocycles. The van der Waals surface area contributed by atoms with Crippen molar-refractivity contribution in [2.45, 2.75) is 0 Å². The van der Waals surface area contributed by atoms with E-state index in [0.717, 1.165) is 11.3 Å². The Morgan fingerprint density at radius 1 is 1.15 bits per heavy atom. The smallest absolute Gasteiger partial charge is 0.338 e. The SMILES string of the molecule is NC(=O)c1cccc(C(=O)Nc2sccc2C(=O)O)c1. The van der Waals surface area contributed by atoms with Crippen LogP contribution in [0.2, 0.25) is 0 Å². The average molecular weight is 290 g/mol. The zero-order valence-electron chi connectivity index (χ0n) is 10.1. The van der Waals surface area contributed by atoms with Crippen molar-refractivity contribution in [2.24, 2.45) is 5.73 Å². The first-order valence-electron chi connectivity index (χ1n) is 5.51. The van der Waals surface area contributed by atoms with E-state index in [-0.39, 0.29) is 21.7 Å². The number of hydrogen-bond acceptors (Lipinski definition) is 4. The van der Waals surface area contributed by atoms with Crippen molar-refractivity contribution < 1.29 is 19.5 Å². The molecule has 0 unspecified atom stereocenters. The van der Waals surface area contributed by atoms with E-state index in [4.69, 9.17) is 10.8 Å². The van der Waals surface area contributed by atoms with Crippen molar-refractivity contribution in [2.75, 3.05) is 5.32 Å². The molecule has 102 valence electrons. The van der Waals surface area contributed by atoms with Crippen molar-refractivity contribution in [1.29, 1.82) is 0 Å². The molecular weight excluding hydrogens is 280 g/mol. The second kappa shape index (κ2) is 5.54. The molecule has 0 radical (unpaired) electrons. The van der Waals surface area contributed by atoms with Gasteiger partial charge in [0, 0.05) is 11.1 Å². The van der Waals surface area contributed by atoms with E-state index in [1.165, 1.54) is 30.3 Å². The standard InChI is InChI=1S/C13H10N2O4S/c14-10(16)7-2-1-3-8(6-7)11(17)15-12-9(13(18)19)4-5-20-12/h1-6H,(H2,14,16)(H,15,17)(H,18,19). The maximum atomic E-state index is 12.0. The summed E-state index contributed by atoms with van der Waals surface area (Å²) >= 11 is 1.11. The monoisotopic (exact) mass is 290 g/mol. The molecule has 1 heterocycles. The van der Waals surface area contributed by atoms with E-state index in [9.17, 15) is 14.4 Å². The highest BCUT2D eigenvalue weighted by molar-refractivity contribution is 7.14. The molecule has 1 aromatic carbocycles. The Hall–Kier alpha value is -2.67. The number of hydrogen-bond donors (Lipinski definition) is 3. The highest BCUT2D eigenvalue weighted by Gasteiger charge is 2.15. The van der Waals surface area contributed by atoms with Crippen LogP contribution in [-0.2, 0) is 0 Å². The summed E-state index contributed by atoms with van der Waals surface area (Å²) in [6.45, 7) is 0. The minimum Gasteiger partial charge on any atom is -0.478 e. The second-order valence-electron chi connectivity index (χ2n) is 3.87. The molecule has 0 bridgehead atoms. The van der Waals surface area contributed by atoms with Gasteiger partial charge in [-0.2, -0.15) is 0 Å². The molecule has 7 heteroatoms. The number of carboxylic acids is 1. The summed E-state index contributed by atoms with van der Waals surface area (Å²) in [5.74, 6) is -2.26. The van der Waals surface area contributed by atoms with Gasteiger partial charge >= 0.3 is 5.97 Å². The zero-order valence-corrected chi connectivity index (χ0v) is 10.9. The van der Waals surface area contributed by atoms with Crippen LogP contribution in [0.5, 0.6) is 0 Å². The Morgan fingerprint density at radius 3 is 2.50 bits per heavy atom. The van der Waals surface area contributed by atoms with Gasteiger partial charge in [0.2, 0.25) is 5.91 Å². The quantitative estimate of drug-likeness (QED) is 0.797. The van der Waals surface area contributed by atoms with Crippen molar-refractivity contribution >= 4 is 34.1 Å². The number of rotatable bonds is 4. The molecule has 1 aromatic heterocycles. The second-order valence-corrected chi connectivity index (χ2v) is 4.78. The first-order chi connectivity index (χ1) is 9.49. The van der Waals surface area contributed by atoms with Crippen LogP contribution >= 0.6 is 11.3 Å². The van der Waals surface area contributed by atoms with Gasteiger partial charge in [-0.1, -0.05) is 6.07 Å². The lowest BCUT2D eigenvalue weighted by molar-refractivity contribution is 0.0698. The van der Waals surface area contributed by atoms with Crippen LogP contribution in [0.4, 0.5) is 5.00 Å². The third-order valence-electron chi connectivity index (χ3n) is 2.53. The van der Waals surface area contributed by atoms with Gasteiger partial charge in [0.15, 0.2) is 0 Å². The molecular formula is C13H10N2O4S. The van der Waals surface area contributed by atoms with Crippen molar-refractivity contribution in [3.63, 3.8) is 0 Å². The minimum atomic E-state index is -1.12. The number of carbonyl (C=O) groups excluding carboxylic acids is 2. The lowest BCUT2D eigenvalue weighted by Crippen LogP contribution is -2.16. The number of anilines is 1. The van der Waals surface area contributed by atoms with E-state index in [1.807, 2.05) is 0 Å². The molecule has 20 heavy (non-hydrogen) atoms. The lowest BCUT2D eigenvalue weighted by atomic mass is 10.1. The molecule has 0 atom stereocenters. The van der Waals surface area contributed by atoms with E-state index >= 15 is 0 Å². The van der Waals surface area contributed by atoms with Crippen LogP contribution in [-0.4, -0.2) is 22.9 Å². The van der Waals surface area contributed by atoms with E-state index < -0.39 is 17.8 Å². The van der Waals surface area contributed by atoms with Gasteiger partial charge in [0.1, 0.15) is 5.00 Å². The average Bonchev–Trinajstić information content (AvgIpc) is 2.87. The molecule has 0 fully saturated rings. The molecule has 2 aromatic rings. The maximum Gasteiger partial charge on any atom is 0.338 e. The number of carbonyl (C=O) groups is 3. The molecule has 0 aliphatic rings. The number of thiophene rings is 1. The third kappa shape index (κ3) is 2.83. The predicted octanol–water partition coefficient (Wildman–Crippen LogP) is 1.80. The van der Waals surface area contributed by atoms with Crippen molar-refractivity contribution in [3.8, 4) is 0 Å². The van der Waals surface area contributed by atoms with Gasteiger partial charge in [-0.3, -0.25) is 9.59 Å². The van der Waals surface area contributed by atoms with Gasteiger partial charge in [0.25, 0.3) is 5.91 Å². The highest BCUT2D eigenvalue weighted by Crippen LogP contribution is 2.23. The Labute approximate surface area is 117 Å². The Bertz CT molecular complexity index is 693. The molecule has 0 saturated carbocycles. The van der Waals surface area contributed by atoms with Crippen LogP contribution in [0.15, 0.2) is 35.7 Å². The zero-order chi connectivity index (χ0) is 14.7. The molecule has 2 amide bonds. The molecule has 0 saturated heterocycles. The fourth-order valence-corrected chi connectivity index (χ4v) is 2.34. The van der Waals surface area contributed by atoms with E-state index in [0.29, 0.717) is 0 Å². The molecule has 0 spiro atoms. The Kier molecular flexibility index (Phi) is 3.81. The number of primary amides is 1. The summed E-state index contributed by atoms with van der Waals surface area (Å²) in [7, 11) is 0. The summed E-state index contributed by atoms with van der Waals surface area (Å²) in [4.78, 5) is 34.0. The van der Waals surface area contributed by atoms with E-state index in [2.05, 4.69) is 5.32 Å². The largest absolute Gasteiger partial charge is 0.478 e. The molecule has 0 aliphatic carbocycles. The summed E-state index contributed by atoms with van der Waals surface area (Å²) < 4.78 is 0. The first-order valence-corrected chi connectivity index (χ1v) is 6.39. The number of benzene rings is 1. The van der Waals surface area contributed by atoms with Crippen molar-refractivity contribution in [1.82, 2.24) is 0 Å². The number of nitrogens with one attached hydrogen (secondary N) is 1. The van der Waals surface area contributed by atoms with E-state index in [1.54, 1.807) is 5.38 Å². The van der Waals surface area contributed by atoms with Crippen molar-refractivity contribution in [3.05, 3.63) is 52.4 Å². The molecule has 2 rings (SSSR count). The highest BCUT2D eigenvalue weighted by atomic mass is 32.1.